The van der Waals surface area contributed by atoms with E-state index in [9.17, 15) is 4.79 Å². The second kappa shape index (κ2) is 7.22. The highest BCUT2D eigenvalue weighted by Crippen LogP contribution is 2.34. The summed E-state index contributed by atoms with van der Waals surface area (Å²) in [5, 5.41) is 4.18. The van der Waals surface area contributed by atoms with Gasteiger partial charge in [0.05, 0.1) is 11.7 Å². The smallest absolute Gasteiger partial charge is 0.268 e. The summed E-state index contributed by atoms with van der Waals surface area (Å²) >= 11 is 1.24. The lowest BCUT2D eigenvalue weighted by Gasteiger charge is -2.41. The van der Waals surface area contributed by atoms with E-state index in [0.717, 1.165) is 49.1 Å². The Morgan fingerprint density at radius 2 is 2.04 bits per heavy atom. The van der Waals surface area contributed by atoms with Gasteiger partial charge in [0.1, 0.15) is 4.88 Å². The Morgan fingerprint density at radius 1 is 1.24 bits per heavy atom. The van der Waals surface area contributed by atoms with E-state index in [0.29, 0.717) is 0 Å². The highest BCUT2D eigenvalue weighted by atomic mass is 32.1. The molecule has 1 unspecified atom stereocenters. The van der Waals surface area contributed by atoms with Crippen LogP contribution in [0.3, 0.4) is 0 Å². The van der Waals surface area contributed by atoms with Gasteiger partial charge >= 0.3 is 0 Å². The summed E-state index contributed by atoms with van der Waals surface area (Å²) < 4.78 is 4.04. The number of piperazine rings is 1. The molecular weight excluding hydrogens is 332 g/mol. The fraction of sp³-hybridized carbons (Fsp3) is 0.526. The van der Waals surface area contributed by atoms with Gasteiger partial charge in [0, 0.05) is 25.7 Å². The quantitative estimate of drug-likeness (QED) is 0.826. The van der Waals surface area contributed by atoms with Crippen LogP contribution in [0.2, 0.25) is 0 Å². The Labute approximate surface area is 152 Å². The molecule has 2 heterocycles. The lowest BCUT2D eigenvalue weighted by Crippen LogP contribution is -2.51. The molecular formula is C19H24N4OS. The molecule has 6 heteroatoms. The minimum Gasteiger partial charge on any atom is -0.328 e. The summed E-state index contributed by atoms with van der Waals surface area (Å²) in [6.07, 6.45) is 4.39. The third-order valence-electron chi connectivity index (χ3n) is 5.16. The zero-order chi connectivity index (χ0) is 17.2. The summed E-state index contributed by atoms with van der Waals surface area (Å²) in [5.74, 6) is 0.0998. The van der Waals surface area contributed by atoms with Gasteiger partial charge in [0.25, 0.3) is 5.91 Å². The average Bonchev–Trinajstić information content (AvgIpc) is 3.41. The number of carbonyl (C=O) groups excluding carboxylic acids is 1. The van der Waals surface area contributed by atoms with Crippen molar-refractivity contribution < 1.29 is 4.79 Å². The van der Waals surface area contributed by atoms with E-state index in [1.165, 1.54) is 29.9 Å². The van der Waals surface area contributed by atoms with Crippen molar-refractivity contribution in [2.24, 2.45) is 0 Å². The van der Waals surface area contributed by atoms with Crippen molar-refractivity contribution in [3.8, 4) is 0 Å². The number of benzene rings is 1. The van der Waals surface area contributed by atoms with Crippen LogP contribution in [0.25, 0.3) is 0 Å². The van der Waals surface area contributed by atoms with Gasteiger partial charge < -0.3 is 4.90 Å². The van der Waals surface area contributed by atoms with Gasteiger partial charge in [-0.05, 0) is 36.4 Å². The fourth-order valence-electron chi connectivity index (χ4n) is 3.68. The number of aryl methyl sites for hydroxylation is 1. The molecule has 1 aromatic carbocycles. The molecule has 1 aromatic heterocycles. The Balaban J connectivity index is 1.61. The van der Waals surface area contributed by atoms with Gasteiger partial charge in [0.15, 0.2) is 0 Å². The normalized spacial score (nSPS) is 21.5. The molecule has 0 radical (unpaired) electrons. The molecule has 25 heavy (non-hydrogen) atoms. The highest BCUT2D eigenvalue weighted by molar-refractivity contribution is 7.08. The van der Waals surface area contributed by atoms with Crippen LogP contribution in [0.4, 0.5) is 0 Å². The predicted octanol–water partition coefficient (Wildman–Crippen LogP) is 3.15. The number of hydrogen-bond acceptors (Lipinski definition) is 5. The topological polar surface area (TPSA) is 49.3 Å². The third-order valence-corrected chi connectivity index (χ3v) is 5.91. The van der Waals surface area contributed by atoms with Crippen LogP contribution in [0.15, 0.2) is 30.3 Å². The molecule has 1 saturated carbocycles. The van der Waals surface area contributed by atoms with Crippen LogP contribution in [-0.4, -0.2) is 51.0 Å². The molecule has 4 rings (SSSR count). The molecule has 0 bridgehead atoms. The molecule has 0 spiro atoms. The van der Waals surface area contributed by atoms with E-state index in [-0.39, 0.29) is 11.9 Å². The number of amides is 1. The Bertz CT molecular complexity index is 728. The molecule has 2 fully saturated rings. The van der Waals surface area contributed by atoms with E-state index >= 15 is 0 Å². The van der Waals surface area contributed by atoms with Crippen LogP contribution < -0.4 is 0 Å². The van der Waals surface area contributed by atoms with Crippen molar-refractivity contribution in [1.29, 1.82) is 0 Å². The number of carbonyl (C=O) groups is 1. The van der Waals surface area contributed by atoms with Crippen LogP contribution in [0.1, 0.15) is 53.2 Å². The van der Waals surface area contributed by atoms with Crippen molar-refractivity contribution in [3.05, 3.63) is 46.5 Å². The van der Waals surface area contributed by atoms with Gasteiger partial charge in [-0.2, -0.15) is 0 Å². The maximum Gasteiger partial charge on any atom is 0.268 e. The van der Waals surface area contributed by atoms with E-state index in [4.69, 9.17) is 0 Å². The van der Waals surface area contributed by atoms with Gasteiger partial charge in [-0.25, -0.2) is 0 Å². The Kier molecular flexibility index (Phi) is 4.81. The second-order valence-electron chi connectivity index (χ2n) is 6.95. The molecule has 1 saturated heterocycles. The maximum atomic E-state index is 13.3. The van der Waals surface area contributed by atoms with Crippen molar-refractivity contribution >= 4 is 17.4 Å². The van der Waals surface area contributed by atoms with E-state index < -0.39 is 0 Å². The predicted molar refractivity (Wildman–Crippen MR) is 98.7 cm³/mol. The molecule has 1 aliphatic heterocycles. The fourth-order valence-corrected chi connectivity index (χ4v) is 4.35. The number of rotatable bonds is 5. The summed E-state index contributed by atoms with van der Waals surface area (Å²) in [7, 11) is 0. The molecule has 1 amide bonds. The zero-order valence-corrected chi connectivity index (χ0v) is 15.4. The van der Waals surface area contributed by atoms with Crippen LogP contribution in [0.5, 0.6) is 0 Å². The summed E-state index contributed by atoms with van der Waals surface area (Å²) in [6.45, 7) is 4.78. The summed E-state index contributed by atoms with van der Waals surface area (Å²) in [4.78, 5) is 18.6. The minimum atomic E-state index is 0.0998. The molecule has 1 atom stereocenters. The number of hydrogen-bond donors (Lipinski definition) is 0. The van der Waals surface area contributed by atoms with E-state index in [1.54, 1.807) is 0 Å². The van der Waals surface area contributed by atoms with Crippen molar-refractivity contribution in [3.63, 3.8) is 0 Å². The minimum absolute atomic E-state index is 0.0998. The first-order valence-corrected chi connectivity index (χ1v) is 9.96. The highest BCUT2D eigenvalue weighted by Gasteiger charge is 2.38. The van der Waals surface area contributed by atoms with Gasteiger partial charge in [-0.3, -0.25) is 9.69 Å². The van der Waals surface area contributed by atoms with Crippen molar-refractivity contribution in [2.45, 2.75) is 44.7 Å². The number of nitrogens with zero attached hydrogens (tertiary/aromatic N) is 4. The van der Waals surface area contributed by atoms with Crippen molar-refractivity contribution in [1.82, 2.24) is 19.4 Å². The zero-order valence-electron chi connectivity index (χ0n) is 14.6. The molecule has 0 N–H and O–H groups in total. The lowest BCUT2D eigenvalue weighted by atomic mass is 10.0. The van der Waals surface area contributed by atoms with Gasteiger partial charge in [-0.1, -0.05) is 48.2 Å². The molecule has 132 valence electrons. The van der Waals surface area contributed by atoms with Gasteiger partial charge in [0.2, 0.25) is 0 Å². The summed E-state index contributed by atoms with van der Waals surface area (Å²) in [5.41, 5.74) is 2.07. The Morgan fingerprint density at radius 3 is 2.76 bits per heavy atom. The first-order valence-electron chi connectivity index (χ1n) is 9.19. The molecule has 1 aliphatic carbocycles. The molecule has 2 aromatic rings. The monoisotopic (exact) mass is 356 g/mol. The SMILES string of the molecule is CCCc1nnsc1C(=O)N1CCN(C2CC2)CC1c1ccccc1. The maximum absolute atomic E-state index is 13.3. The third kappa shape index (κ3) is 3.46. The lowest BCUT2D eigenvalue weighted by molar-refractivity contribution is 0.0436. The summed E-state index contributed by atoms with van der Waals surface area (Å²) in [6, 6.07) is 11.3. The first kappa shape index (κ1) is 16.7. The molecule has 2 aliphatic rings. The average molecular weight is 356 g/mol. The van der Waals surface area contributed by atoms with E-state index in [1.807, 2.05) is 11.0 Å². The largest absolute Gasteiger partial charge is 0.328 e. The first-order chi connectivity index (χ1) is 12.3. The van der Waals surface area contributed by atoms with Gasteiger partial charge in [-0.15, -0.1) is 5.10 Å². The second-order valence-corrected chi connectivity index (χ2v) is 7.70. The molecule has 5 nitrogen and oxygen atoms in total. The van der Waals surface area contributed by atoms with Crippen LogP contribution >= 0.6 is 11.5 Å². The standard InChI is InChI=1S/C19H24N4OS/c1-2-6-16-18(25-21-20-16)19(24)23-12-11-22(15-9-10-15)13-17(23)14-7-4-3-5-8-14/h3-5,7-8,15,17H,2,6,9-13H2,1H3. The Hall–Kier alpha value is -1.79. The van der Waals surface area contributed by atoms with E-state index in [2.05, 4.69) is 45.7 Å². The van der Waals surface area contributed by atoms with Crippen LogP contribution in [-0.2, 0) is 6.42 Å². The van der Waals surface area contributed by atoms with Crippen LogP contribution in [0, 0.1) is 0 Å². The van der Waals surface area contributed by atoms with Crippen molar-refractivity contribution in [2.75, 3.05) is 19.6 Å². The number of aromatic nitrogens is 2.